The van der Waals surface area contributed by atoms with Gasteiger partial charge in [0.15, 0.2) is 0 Å². The molecule has 0 saturated heterocycles. The standard InChI is InChI=1S/C11H20ClNO2/c1-5-7-10(6-2)13(9(3)15-4)11(14)8-12/h6,9H,5,7-8H2,1-4H3/b10-6-. The van der Waals surface area contributed by atoms with Gasteiger partial charge in [-0.15, -0.1) is 11.6 Å². The average molecular weight is 234 g/mol. The molecule has 0 saturated carbocycles. The monoisotopic (exact) mass is 233 g/mol. The van der Waals surface area contributed by atoms with Gasteiger partial charge in [0.25, 0.3) is 0 Å². The van der Waals surface area contributed by atoms with Crippen LogP contribution in [0.2, 0.25) is 0 Å². The van der Waals surface area contributed by atoms with E-state index >= 15 is 0 Å². The Morgan fingerprint density at radius 1 is 1.60 bits per heavy atom. The van der Waals surface area contributed by atoms with Crippen molar-refractivity contribution in [2.75, 3.05) is 13.0 Å². The van der Waals surface area contributed by atoms with E-state index < -0.39 is 0 Å². The van der Waals surface area contributed by atoms with Crippen molar-refractivity contribution in [3.63, 3.8) is 0 Å². The Balaban J connectivity index is 4.82. The molecule has 0 bridgehead atoms. The molecule has 0 aliphatic heterocycles. The molecule has 0 aliphatic carbocycles. The van der Waals surface area contributed by atoms with E-state index in [1.807, 2.05) is 19.9 Å². The zero-order chi connectivity index (χ0) is 11.8. The van der Waals surface area contributed by atoms with Crippen LogP contribution in [0.1, 0.15) is 33.6 Å². The average Bonchev–Trinajstić information content (AvgIpc) is 2.27. The zero-order valence-corrected chi connectivity index (χ0v) is 10.7. The summed E-state index contributed by atoms with van der Waals surface area (Å²) < 4.78 is 5.17. The van der Waals surface area contributed by atoms with Crippen LogP contribution in [-0.2, 0) is 9.53 Å². The zero-order valence-electron chi connectivity index (χ0n) is 9.92. The Morgan fingerprint density at radius 2 is 2.20 bits per heavy atom. The van der Waals surface area contributed by atoms with Crippen molar-refractivity contribution in [3.05, 3.63) is 11.8 Å². The van der Waals surface area contributed by atoms with Crippen LogP contribution >= 0.6 is 11.6 Å². The Kier molecular flexibility index (Phi) is 7.44. The smallest absolute Gasteiger partial charge is 0.243 e. The molecule has 0 rings (SSSR count). The summed E-state index contributed by atoms with van der Waals surface area (Å²) in [4.78, 5) is 13.3. The fourth-order valence-electron chi connectivity index (χ4n) is 1.43. The molecule has 3 nitrogen and oxygen atoms in total. The first-order valence-corrected chi connectivity index (χ1v) is 5.71. The first-order valence-electron chi connectivity index (χ1n) is 5.18. The van der Waals surface area contributed by atoms with Gasteiger partial charge in [-0.1, -0.05) is 19.4 Å². The van der Waals surface area contributed by atoms with E-state index in [0.717, 1.165) is 18.5 Å². The highest BCUT2D eigenvalue weighted by Gasteiger charge is 2.21. The molecular formula is C11H20ClNO2. The van der Waals surface area contributed by atoms with E-state index in [1.165, 1.54) is 0 Å². The summed E-state index contributed by atoms with van der Waals surface area (Å²) in [5.74, 6) is -0.137. The lowest BCUT2D eigenvalue weighted by atomic mass is 10.2. The normalized spacial score (nSPS) is 13.8. The topological polar surface area (TPSA) is 29.5 Å². The van der Waals surface area contributed by atoms with Gasteiger partial charge in [-0.05, 0) is 20.3 Å². The number of halogens is 1. The number of carbonyl (C=O) groups is 1. The number of ether oxygens (including phenoxy) is 1. The van der Waals surface area contributed by atoms with Gasteiger partial charge in [-0.2, -0.15) is 0 Å². The van der Waals surface area contributed by atoms with Crippen LogP contribution < -0.4 is 0 Å². The SMILES string of the molecule is C/C=C(/CCC)N(C(=O)CCl)C(C)OC. The van der Waals surface area contributed by atoms with Crippen LogP contribution in [0.3, 0.4) is 0 Å². The summed E-state index contributed by atoms with van der Waals surface area (Å²) in [6, 6.07) is 0. The van der Waals surface area contributed by atoms with Crippen molar-refractivity contribution in [2.24, 2.45) is 0 Å². The number of hydrogen-bond acceptors (Lipinski definition) is 2. The number of rotatable bonds is 6. The third-order valence-corrected chi connectivity index (χ3v) is 2.47. The third kappa shape index (κ3) is 4.22. The predicted molar refractivity (Wildman–Crippen MR) is 62.7 cm³/mol. The van der Waals surface area contributed by atoms with Crippen molar-refractivity contribution in [2.45, 2.75) is 39.8 Å². The van der Waals surface area contributed by atoms with Crippen molar-refractivity contribution in [3.8, 4) is 0 Å². The largest absolute Gasteiger partial charge is 0.361 e. The molecule has 0 fully saturated rings. The van der Waals surface area contributed by atoms with Gasteiger partial charge in [-0.25, -0.2) is 0 Å². The van der Waals surface area contributed by atoms with Gasteiger partial charge in [0.2, 0.25) is 5.91 Å². The summed E-state index contributed by atoms with van der Waals surface area (Å²) in [6.07, 6.45) is 3.51. The number of allylic oxidation sites excluding steroid dienone is 2. The van der Waals surface area contributed by atoms with Crippen LogP contribution in [0.25, 0.3) is 0 Å². The maximum Gasteiger partial charge on any atom is 0.243 e. The second-order valence-electron chi connectivity index (χ2n) is 3.26. The number of nitrogens with zero attached hydrogens (tertiary/aromatic N) is 1. The number of alkyl halides is 1. The maximum absolute atomic E-state index is 11.7. The van der Waals surface area contributed by atoms with E-state index in [9.17, 15) is 4.79 Å². The molecule has 0 radical (unpaired) electrons. The molecular weight excluding hydrogens is 214 g/mol. The fraction of sp³-hybridized carbons (Fsp3) is 0.727. The van der Waals surface area contributed by atoms with Crippen LogP contribution in [0.15, 0.2) is 11.8 Å². The Labute approximate surface area is 97.0 Å². The van der Waals surface area contributed by atoms with E-state index in [0.29, 0.717) is 0 Å². The lowest BCUT2D eigenvalue weighted by molar-refractivity contribution is -0.136. The number of amides is 1. The highest BCUT2D eigenvalue weighted by molar-refractivity contribution is 6.27. The quantitative estimate of drug-likeness (QED) is 0.522. The van der Waals surface area contributed by atoms with Crippen molar-refractivity contribution >= 4 is 17.5 Å². The summed E-state index contributed by atoms with van der Waals surface area (Å²) in [7, 11) is 1.58. The molecule has 1 atom stereocenters. The minimum absolute atomic E-state index is 0.0191. The first kappa shape index (κ1) is 14.5. The van der Waals surface area contributed by atoms with Gasteiger partial charge in [-0.3, -0.25) is 9.69 Å². The lowest BCUT2D eigenvalue weighted by Gasteiger charge is -2.29. The molecule has 1 amide bonds. The summed E-state index contributed by atoms with van der Waals surface area (Å²) >= 11 is 5.58. The Bertz CT molecular complexity index is 229. The van der Waals surface area contributed by atoms with Gasteiger partial charge < -0.3 is 4.74 Å². The molecule has 88 valence electrons. The van der Waals surface area contributed by atoms with Crippen LogP contribution in [0.4, 0.5) is 0 Å². The van der Waals surface area contributed by atoms with Crippen LogP contribution in [0, 0.1) is 0 Å². The second-order valence-corrected chi connectivity index (χ2v) is 3.53. The van der Waals surface area contributed by atoms with E-state index in [1.54, 1.807) is 12.0 Å². The Hall–Kier alpha value is -0.540. The molecule has 0 N–H and O–H groups in total. The van der Waals surface area contributed by atoms with Crippen molar-refractivity contribution in [1.82, 2.24) is 4.90 Å². The van der Waals surface area contributed by atoms with E-state index in [2.05, 4.69) is 6.92 Å². The van der Waals surface area contributed by atoms with Crippen LogP contribution in [-0.4, -0.2) is 30.0 Å². The second kappa shape index (κ2) is 7.71. The first-order chi connectivity index (χ1) is 7.12. The summed E-state index contributed by atoms with van der Waals surface area (Å²) in [5, 5.41) is 0. The molecule has 1 unspecified atom stereocenters. The van der Waals surface area contributed by atoms with Gasteiger partial charge >= 0.3 is 0 Å². The van der Waals surface area contributed by atoms with Crippen LogP contribution in [0.5, 0.6) is 0 Å². The molecule has 0 aliphatic rings. The summed E-state index contributed by atoms with van der Waals surface area (Å²) in [5.41, 5.74) is 0.970. The van der Waals surface area contributed by atoms with Crippen molar-refractivity contribution < 1.29 is 9.53 Å². The Morgan fingerprint density at radius 3 is 2.53 bits per heavy atom. The molecule has 0 aromatic carbocycles. The molecule has 4 heteroatoms. The molecule has 0 spiro atoms. The van der Waals surface area contributed by atoms with Gasteiger partial charge in [0.05, 0.1) is 0 Å². The molecule has 0 aromatic heterocycles. The fourth-order valence-corrected chi connectivity index (χ4v) is 1.56. The minimum atomic E-state index is -0.269. The lowest BCUT2D eigenvalue weighted by Crippen LogP contribution is -2.39. The highest BCUT2D eigenvalue weighted by Crippen LogP contribution is 2.16. The van der Waals surface area contributed by atoms with E-state index in [4.69, 9.17) is 16.3 Å². The molecule has 0 aromatic rings. The predicted octanol–water partition coefficient (Wildman–Crippen LogP) is 2.75. The van der Waals surface area contributed by atoms with Crippen molar-refractivity contribution in [1.29, 1.82) is 0 Å². The minimum Gasteiger partial charge on any atom is -0.361 e. The summed E-state index contributed by atoms with van der Waals surface area (Å²) in [6.45, 7) is 5.83. The van der Waals surface area contributed by atoms with Gasteiger partial charge in [0, 0.05) is 12.8 Å². The highest BCUT2D eigenvalue weighted by atomic mass is 35.5. The molecule has 0 heterocycles. The van der Waals surface area contributed by atoms with Gasteiger partial charge in [0.1, 0.15) is 12.1 Å². The number of carbonyl (C=O) groups excluding carboxylic acids is 1. The van der Waals surface area contributed by atoms with E-state index in [-0.39, 0.29) is 18.0 Å². The third-order valence-electron chi connectivity index (χ3n) is 2.24. The number of methoxy groups -OCH3 is 1. The maximum atomic E-state index is 11.7. The molecule has 15 heavy (non-hydrogen) atoms. The number of hydrogen-bond donors (Lipinski definition) is 0.